The van der Waals surface area contributed by atoms with E-state index in [2.05, 4.69) is 11.6 Å². The minimum Gasteiger partial charge on any atom is -0.234 e. The molecule has 2 atom stereocenters. The predicted molar refractivity (Wildman–Crippen MR) is 45.7 cm³/mol. The number of hydrogen-bond donors (Lipinski definition) is 0. The molecular weight excluding hydrogens is 360 g/mol. The summed E-state index contributed by atoms with van der Waals surface area (Å²) in [7, 11) is 0. The van der Waals surface area contributed by atoms with Crippen molar-refractivity contribution in [2.45, 2.75) is 36.3 Å². The third-order valence-corrected chi connectivity index (χ3v) is 2.42. The lowest BCUT2D eigenvalue weighted by Crippen LogP contribution is -2.60. The van der Waals surface area contributed by atoms with Crippen LogP contribution in [-0.4, -0.2) is 36.3 Å². The molecule has 0 aliphatic heterocycles. The number of rotatable bonds is 5. The van der Waals surface area contributed by atoms with Crippen LogP contribution >= 0.6 is 11.6 Å². The highest BCUT2D eigenvalue weighted by Gasteiger charge is 2.74. The lowest BCUT2D eigenvalue weighted by Gasteiger charge is -2.33. The van der Waals surface area contributed by atoms with Crippen LogP contribution in [0, 0.1) is 0 Å². The Morgan fingerprint density at radius 3 is 1.48 bits per heavy atom. The van der Waals surface area contributed by atoms with Crippen molar-refractivity contribution in [2.75, 3.05) is 0 Å². The molecule has 0 nitrogen and oxygen atoms in total. The molecule has 0 spiro atoms. The lowest BCUT2D eigenvalue weighted by molar-refractivity contribution is -0.308. The van der Waals surface area contributed by atoms with E-state index in [-0.39, 0.29) is 0 Å². The second kappa shape index (κ2) is 5.76. The first-order valence-electron chi connectivity index (χ1n) is 4.49. The quantitative estimate of drug-likeness (QED) is 0.591. The van der Waals surface area contributed by atoms with Gasteiger partial charge in [-0.2, -0.15) is 39.5 Å². The number of hydrogen-bond acceptors (Lipinski definition) is 0. The number of halogens is 13. The van der Waals surface area contributed by atoms with Crippen molar-refractivity contribution in [3.05, 3.63) is 11.4 Å². The third-order valence-electron chi connectivity index (χ3n) is 2.10. The summed E-state index contributed by atoms with van der Waals surface area (Å²) in [6.45, 7) is 0. The Balaban J connectivity index is 5.74. The average molecular weight is 363 g/mol. The van der Waals surface area contributed by atoms with Gasteiger partial charge in [-0.25, -0.2) is 13.2 Å². The van der Waals surface area contributed by atoms with Crippen LogP contribution in [0.25, 0.3) is 0 Å². The first-order chi connectivity index (χ1) is 9.04. The summed E-state index contributed by atoms with van der Waals surface area (Å²) in [6.07, 6.45) is -19.0. The van der Waals surface area contributed by atoms with E-state index in [4.69, 9.17) is 0 Å². The molecule has 0 aromatic heterocycles. The molecule has 0 N–H and O–H groups in total. The Hall–Kier alpha value is -0.810. The Morgan fingerprint density at radius 1 is 0.810 bits per heavy atom. The van der Waals surface area contributed by atoms with Crippen LogP contribution in [0.15, 0.2) is 11.4 Å². The van der Waals surface area contributed by atoms with Gasteiger partial charge in [0, 0.05) is 0 Å². The Morgan fingerprint density at radius 2 is 1.19 bits per heavy atom. The molecule has 0 saturated heterocycles. The van der Waals surface area contributed by atoms with Crippen molar-refractivity contribution >= 4 is 11.6 Å². The van der Waals surface area contributed by atoms with Crippen LogP contribution in [-0.2, 0) is 0 Å². The smallest absolute Gasteiger partial charge is 0.234 e. The molecule has 126 valence electrons. The molecule has 0 aliphatic carbocycles. The van der Waals surface area contributed by atoms with Gasteiger partial charge in [-0.15, -0.1) is 0 Å². The van der Waals surface area contributed by atoms with Crippen molar-refractivity contribution in [3.63, 3.8) is 0 Å². The van der Waals surface area contributed by atoms with Crippen LogP contribution in [0.5, 0.6) is 0 Å². The van der Waals surface area contributed by atoms with Crippen molar-refractivity contribution in [2.24, 2.45) is 0 Å². The zero-order valence-corrected chi connectivity index (χ0v) is 9.90. The van der Waals surface area contributed by atoms with E-state index < -0.39 is 47.6 Å². The van der Waals surface area contributed by atoms with Crippen LogP contribution < -0.4 is 0 Å². The average Bonchev–Trinajstić information content (AvgIpc) is 2.34. The molecule has 0 rings (SSSR count). The lowest BCUT2D eigenvalue weighted by atomic mass is 9.98. The normalized spacial score (nSPS) is 18.6. The van der Waals surface area contributed by atoms with E-state index in [1.807, 2.05) is 0 Å². The fourth-order valence-electron chi connectivity index (χ4n) is 0.975. The molecule has 13 heteroatoms. The van der Waals surface area contributed by atoms with Crippen LogP contribution in [0.1, 0.15) is 0 Å². The zero-order chi connectivity index (χ0) is 17.4. The second-order valence-electron chi connectivity index (χ2n) is 3.60. The fourth-order valence-corrected chi connectivity index (χ4v) is 1.10. The van der Waals surface area contributed by atoms with Gasteiger partial charge < -0.3 is 0 Å². The SMILES string of the molecule is FC=C(Cl)C(F)(F)C(F)(F)C(F)C(F)(F)C(F)C(F)(F)F. The van der Waals surface area contributed by atoms with Gasteiger partial charge in [0.2, 0.25) is 6.17 Å². The molecule has 0 radical (unpaired) electrons. The summed E-state index contributed by atoms with van der Waals surface area (Å²) in [5.74, 6) is -19.3. The first-order valence-corrected chi connectivity index (χ1v) is 4.87. The minimum absolute atomic E-state index is 1.41. The summed E-state index contributed by atoms with van der Waals surface area (Å²) in [4.78, 5) is 0. The van der Waals surface area contributed by atoms with Gasteiger partial charge in [0.05, 0.1) is 0 Å². The summed E-state index contributed by atoms with van der Waals surface area (Å²) in [6, 6.07) is 0. The largest absolute Gasteiger partial charge is 0.425 e. The maximum absolute atomic E-state index is 12.8. The van der Waals surface area contributed by atoms with Gasteiger partial charge in [-0.05, 0) is 0 Å². The van der Waals surface area contributed by atoms with Crippen molar-refractivity contribution in [1.82, 2.24) is 0 Å². The van der Waals surface area contributed by atoms with E-state index in [0.717, 1.165) is 0 Å². The highest BCUT2D eigenvalue weighted by atomic mass is 35.5. The van der Waals surface area contributed by atoms with Gasteiger partial charge >= 0.3 is 23.9 Å². The summed E-state index contributed by atoms with van der Waals surface area (Å²) < 4.78 is 148. The van der Waals surface area contributed by atoms with Crippen molar-refractivity contribution in [1.29, 1.82) is 0 Å². The van der Waals surface area contributed by atoms with E-state index in [1.54, 1.807) is 0 Å². The van der Waals surface area contributed by atoms with Crippen molar-refractivity contribution in [3.8, 4) is 0 Å². The molecule has 21 heavy (non-hydrogen) atoms. The van der Waals surface area contributed by atoms with Crippen LogP contribution in [0.3, 0.4) is 0 Å². The van der Waals surface area contributed by atoms with Gasteiger partial charge in [0.15, 0.2) is 0 Å². The summed E-state index contributed by atoms with van der Waals surface area (Å²) in [5, 5.41) is -2.76. The van der Waals surface area contributed by atoms with Crippen LogP contribution in [0.4, 0.5) is 52.7 Å². The maximum atomic E-state index is 12.8. The van der Waals surface area contributed by atoms with E-state index in [9.17, 15) is 52.7 Å². The number of allylic oxidation sites excluding steroid dienone is 1. The molecule has 0 saturated carbocycles. The monoisotopic (exact) mass is 362 g/mol. The topological polar surface area (TPSA) is 0 Å². The maximum Gasteiger partial charge on any atom is 0.425 e. The fraction of sp³-hybridized carbons (Fsp3) is 0.750. The van der Waals surface area contributed by atoms with Gasteiger partial charge in [-0.3, -0.25) is 0 Å². The van der Waals surface area contributed by atoms with Gasteiger partial charge in [0.25, 0.3) is 6.17 Å². The summed E-state index contributed by atoms with van der Waals surface area (Å²) in [5.41, 5.74) is 0. The van der Waals surface area contributed by atoms with E-state index >= 15 is 0 Å². The number of alkyl halides is 11. The Bertz CT molecular complexity index is 397. The minimum atomic E-state index is -6.62. The Labute approximate surface area is 113 Å². The van der Waals surface area contributed by atoms with Gasteiger partial charge in [0.1, 0.15) is 11.4 Å². The van der Waals surface area contributed by atoms with Crippen molar-refractivity contribution < 1.29 is 52.7 Å². The zero-order valence-electron chi connectivity index (χ0n) is 9.15. The summed E-state index contributed by atoms with van der Waals surface area (Å²) >= 11 is 4.23. The highest BCUT2D eigenvalue weighted by Crippen LogP contribution is 2.51. The van der Waals surface area contributed by atoms with Gasteiger partial charge in [-0.1, -0.05) is 11.6 Å². The molecule has 0 aromatic rings. The molecule has 2 unspecified atom stereocenters. The Kier molecular flexibility index (Phi) is 5.54. The third kappa shape index (κ3) is 3.51. The standard InChI is InChI=1S/C8H3ClF12/c9-2(1-10)6(15,16)7(17,18)3(11)5(13,14)4(12)8(19,20)21/h1,3-4H. The highest BCUT2D eigenvalue weighted by molar-refractivity contribution is 6.30. The first kappa shape index (κ1) is 20.2. The predicted octanol–water partition coefficient (Wildman–Crippen LogP) is 5.18. The molecule has 0 aliphatic rings. The molecule has 0 fully saturated rings. The molecule has 0 amide bonds. The second-order valence-corrected chi connectivity index (χ2v) is 4.00. The molecule has 0 aromatic carbocycles. The molecular formula is C8H3ClF12. The molecule has 0 heterocycles. The molecule has 0 bridgehead atoms. The van der Waals surface area contributed by atoms with Crippen LogP contribution in [0.2, 0.25) is 0 Å². The van der Waals surface area contributed by atoms with E-state index in [0.29, 0.717) is 0 Å². The van der Waals surface area contributed by atoms with E-state index in [1.165, 1.54) is 0 Å².